The van der Waals surface area contributed by atoms with Crippen molar-refractivity contribution < 1.29 is 32.4 Å². The summed E-state index contributed by atoms with van der Waals surface area (Å²) in [6.45, 7) is 5.07. The Bertz CT molecular complexity index is 546. The van der Waals surface area contributed by atoms with Crippen molar-refractivity contribution in [3.05, 3.63) is 29.8 Å². The molecule has 23 heavy (non-hydrogen) atoms. The van der Waals surface area contributed by atoms with E-state index < -0.39 is 46.7 Å². The second-order valence-electron chi connectivity index (χ2n) is 5.77. The average molecular weight is 353 g/mol. The van der Waals surface area contributed by atoms with E-state index in [1.165, 1.54) is 12.1 Å². The van der Waals surface area contributed by atoms with Crippen LogP contribution in [0.25, 0.3) is 0 Å². The van der Waals surface area contributed by atoms with Crippen LogP contribution >= 0.6 is 0 Å². The Balaban J connectivity index is 3.03. The molecule has 130 valence electrons. The Morgan fingerprint density at radius 3 is 2.48 bits per heavy atom. The van der Waals surface area contributed by atoms with Gasteiger partial charge in [0.15, 0.2) is 0 Å². The van der Waals surface area contributed by atoms with Gasteiger partial charge in [-0.1, -0.05) is 12.1 Å². The van der Waals surface area contributed by atoms with Crippen LogP contribution in [0.4, 0.5) is 13.2 Å². The summed E-state index contributed by atoms with van der Waals surface area (Å²) in [5.74, 6) is -1.63. The molecule has 5 nitrogen and oxygen atoms in total. The minimum absolute atomic E-state index is 0.242. The summed E-state index contributed by atoms with van der Waals surface area (Å²) in [5, 5.41) is 8.97. The van der Waals surface area contributed by atoms with Crippen molar-refractivity contribution in [2.75, 3.05) is 0 Å². The number of hydrogen-bond acceptors (Lipinski definition) is 4. The normalized spacial score (nSPS) is 15.1. The Labute approximate surface area is 135 Å². The maximum Gasteiger partial charge on any atom is 0.573 e. The Kier molecular flexibility index (Phi) is 6.32. The number of halogens is 3. The van der Waals surface area contributed by atoms with Crippen molar-refractivity contribution in [2.24, 2.45) is 0 Å². The van der Waals surface area contributed by atoms with Crippen molar-refractivity contribution in [3.63, 3.8) is 0 Å². The van der Waals surface area contributed by atoms with Crippen LogP contribution in [0.3, 0.4) is 0 Å². The zero-order valence-electron chi connectivity index (χ0n) is 12.8. The number of rotatable bonds is 6. The van der Waals surface area contributed by atoms with Crippen LogP contribution in [0.2, 0.25) is 0 Å². The molecule has 1 rings (SSSR count). The maximum absolute atomic E-state index is 12.3. The molecular weight excluding hydrogens is 335 g/mol. The molecule has 1 aromatic rings. The lowest BCUT2D eigenvalue weighted by atomic mass is 10.0. The van der Waals surface area contributed by atoms with Gasteiger partial charge in [-0.25, -0.2) is 0 Å². The molecule has 0 fully saturated rings. The molecule has 1 unspecified atom stereocenters. The van der Waals surface area contributed by atoms with E-state index in [1.807, 2.05) is 0 Å². The van der Waals surface area contributed by atoms with Gasteiger partial charge in [0, 0.05) is 11.4 Å². The van der Waals surface area contributed by atoms with Crippen LogP contribution in [0.1, 0.15) is 38.8 Å². The zero-order chi connectivity index (χ0) is 17.8. The molecule has 9 heteroatoms. The smallest absolute Gasteiger partial charge is 0.573 e. The number of aliphatic carboxylic acids is 1. The van der Waals surface area contributed by atoms with Gasteiger partial charge in [0.1, 0.15) is 10.5 Å². The number of ether oxygens (including phenoxy) is 1. The molecule has 0 amide bonds. The number of benzene rings is 1. The predicted molar refractivity (Wildman–Crippen MR) is 79.1 cm³/mol. The molecule has 0 heterocycles. The van der Waals surface area contributed by atoms with E-state index in [2.05, 4.69) is 9.46 Å². The van der Waals surface area contributed by atoms with E-state index in [4.69, 9.17) is 5.11 Å². The quantitative estimate of drug-likeness (QED) is 0.768. The molecule has 0 bridgehead atoms. The van der Waals surface area contributed by atoms with Gasteiger partial charge in [0.2, 0.25) is 0 Å². The second kappa shape index (κ2) is 7.41. The lowest BCUT2D eigenvalue weighted by Gasteiger charge is -2.27. The largest absolute Gasteiger partial charge is 0.598 e. The highest BCUT2D eigenvalue weighted by atomic mass is 32.2. The second-order valence-corrected chi connectivity index (χ2v) is 7.77. The zero-order valence-corrected chi connectivity index (χ0v) is 13.6. The third-order valence-corrected chi connectivity index (χ3v) is 4.29. The van der Waals surface area contributed by atoms with Gasteiger partial charge in [-0.3, -0.25) is 4.79 Å². The number of nitrogens with one attached hydrogen (secondary N) is 1. The third-order valence-electron chi connectivity index (χ3n) is 2.68. The van der Waals surface area contributed by atoms with E-state index in [0.717, 1.165) is 12.1 Å². The van der Waals surface area contributed by atoms with Crippen LogP contribution in [0, 0.1) is 0 Å². The van der Waals surface area contributed by atoms with Crippen LogP contribution in [-0.4, -0.2) is 26.7 Å². The van der Waals surface area contributed by atoms with Crippen molar-refractivity contribution in [1.82, 2.24) is 4.72 Å². The van der Waals surface area contributed by atoms with Gasteiger partial charge in [0.25, 0.3) is 0 Å². The Morgan fingerprint density at radius 2 is 2.00 bits per heavy atom. The highest BCUT2D eigenvalue weighted by Crippen LogP contribution is 2.28. The maximum atomic E-state index is 12.3. The first-order chi connectivity index (χ1) is 10.4. The highest BCUT2D eigenvalue weighted by molar-refractivity contribution is 7.90. The molecule has 0 aliphatic rings. The fourth-order valence-corrected chi connectivity index (χ4v) is 2.47. The molecule has 0 radical (unpaired) electrons. The minimum atomic E-state index is -4.84. The monoisotopic (exact) mass is 353 g/mol. The van der Waals surface area contributed by atoms with Crippen LogP contribution in [0.5, 0.6) is 5.75 Å². The van der Waals surface area contributed by atoms with Crippen molar-refractivity contribution in [1.29, 1.82) is 0 Å². The first-order valence-corrected chi connectivity index (χ1v) is 7.79. The number of carbonyl (C=O) groups is 1. The minimum Gasteiger partial charge on any atom is -0.598 e. The first-order valence-electron chi connectivity index (χ1n) is 6.64. The van der Waals surface area contributed by atoms with E-state index in [9.17, 15) is 22.5 Å². The third kappa shape index (κ3) is 7.10. The van der Waals surface area contributed by atoms with Gasteiger partial charge in [-0.05, 0) is 38.5 Å². The molecule has 0 spiro atoms. The molecule has 1 aromatic carbocycles. The molecule has 0 aliphatic heterocycles. The lowest BCUT2D eigenvalue weighted by Crippen LogP contribution is -2.41. The van der Waals surface area contributed by atoms with Crippen molar-refractivity contribution in [3.8, 4) is 5.75 Å². The van der Waals surface area contributed by atoms with Gasteiger partial charge in [-0.15, -0.1) is 17.9 Å². The lowest BCUT2D eigenvalue weighted by molar-refractivity contribution is -0.274. The number of carboxylic acid groups (broad SMARTS) is 1. The average Bonchev–Trinajstić information content (AvgIpc) is 2.34. The van der Waals surface area contributed by atoms with Gasteiger partial charge in [-0.2, -0.15) is 0 Å². The van der Waals surface area contributed by atoms with Gasteiger partial charge >= 0.3 is 12.3 Å². The summed E-state index contributed by atoms with van der Waals surface area (Å²) in [6, 6.07) is 4.03. The number of hydrogen-bond donors (Lipinski definition) is 2. The van der Waals surface area contributed by atoms with E-state index in [1.54, 1.807) is 20.8 Å². The molecule has 0 aliphatic carbocycles. The van der Waals surface area contributed by atoms with Crippen molar-refractivity contribution >= 4 is 17.3 Å². The number of alkyl halides is 3. The van der Waals surface area contributed by atoms with Crippen molar-refractivity contribution in [2.45, 2.75) is 44.3 Å². The summed E-state index contributed by atoms with van der Waals surface area (Å²) >= 11 is -1.59. The van der Waals surface area contributed by atoms with E-state index in [0.29, 0.717) is 0 Å². The highest BCUT2D eigenvalue weighted by Gasteiger charge is 2.33. The van der Waals surface area contributed by atoms with Gasteiger partial charge in [0.05, 0.1) is 12.5 Å². The predicted octanol–water partition coefficient (Wildman–Crippen LogP) is 3.15. The molecule has 2 N–H and O–H groups in total. The van der Waals surface area contributed by atoms with Crippen LogP contribution in [-0.2, 0) is 16.2 Å². The summed E-state index contributed by atoms with van der Waals surface area (Å²) in [4.78, 5) is 11.0. The topological polar surface area (TPSA) is 81.6 Å². The fraction of sp³-hybridized carbons (Fsp3) is 0.500. The van der Waals surface area contributed by atoms with Crippen LogP contribution in [0.15, 0.2) is 24.3 Å². The molecule has 2 atom stereocenters. The van der Waals surface area contributed by atoms with E-state index in [-0.39, 0.29) is 5.56 Å². The molecule has 0 saturated heterocycles. The summed E-state index contributed by atoms with van der Waals surface area (Å²) in [7, 11) is 0. The summed E-state index contributed by atoms with van der Waals surface area (Å²) < 4.78 is 54.8. The Hall–Kier alpha value is -1.45. The summed E-state index contributed by atoms with van der Waals surface area (Å²) in [6.07, 6.45) is -5.28. The number of carboxylic acids is 1. The SMILES string of the molecule is CC(C)(C)[S@@+]([O-])NC(CC(=O)O)c1cccc(OC(F)(F)F)c1. The first kappa shape index (κ1) is 19.6. The Morgan fingerprint density at radius 1 is 1.39 bits per heavy atom. The van der Waals surface area contributed by atoms with E-state index >= 15 is 0 Å². The molecule has 0 aromatic heterocycles. The van der Waals surface area contributed by atoms with Crippen LogP contribution < -0.4 is 9.46 Å². The summed E-state index contributed by atoms with van der Waals surface area (Å²) in [5.41, 5.74) is 0.242. The standard InChI is InChI=1S/C14H18F3NO4S/c1-13(2,3)23(21)18-11(8-12(19)20)9-5-4-6-10(7-9)22-14(15,16)17/h4-7,11,18H,8H2,1-3H3,(H,19,20)/t11?,23-/m1/s1. The van der Waals surface area contributed by atoms with Gasteiger partial charge < -0.3 is 14.4 Å². The fourth-order valence-electron chi connectivity index (χ4n) is 1.64. The molecule has 0 saturated carbocycles. The molecular formula is C14H18F3NO4S.